The Morgan fingerprint density at radius 3 is 2.20 bits per heavy atom. The quantitative estimate of drug-likeness (QED) is 0.776. The first kappa shape index (κ1) is 19.0. The molecule has 132 valence electrons. The van der Waals surface area contributed by atoms with Crippen molar-refractivity contribution in [3.63, 3.8) is 0 Å². The molecule has 0 saturated heterocycles. The van der Waals surface area contributed by atoms with Crippen LogP contribution < -0.4 is 0 Å². The van der Waals surface area contributed by atoms with Crippen LogP contribution in [0.2, 0.25) is 5.02 Å². The number of carboxylic acid groups (broad SMARTS) is 1. The van der Waals surface area contributed by atoms with Crippen molar-refractivity contribution in [2.24, 2.45) is 5.41 Å². The number of aliphatic carboxylic acids is 1. The van der Waals surface area contributed by atoms with Crippen molar-refractivity contribution in [2.45, 2.75) is 33.8 Å². The summed E-state index contributed by atoms with van der Waals surface area (Å²) in [5.41, 5.74) is 2.12. The molecule has 0 radical (unpaired) electrons. The number of hydrogen-bond acceptors (Lipinski definition) is 3. The lowest BCUT2D eigenvalue weighted by Gasteiger charge is -2.23. The summed E-state index contributed by atoms with van der Waals surface area (Å²) in [7, 11) is 0. The summed E-state index contributed by atoms with van der Waals surface area (Å²) in [6, 6.07) is 12.6. The second-order valence-electron chi connectivity index (χ2n) is 6.97. The molecule has 25 heavy (non-hydrogen) atoms. The zero-order valence-corrected chi connectivity index (χ0v) is 15.4. The molecular formula is C20H21ClO4. The molecular weight excluding hydrogens is 340 g/mol. The summed E-state index contributed by atoms with van der Waals surface area (Å²) in [5.74, 6) is -1.83. The normalized spacial score (nSPS) is 12.5. The zero-order valence-electron chi connectivity index (χ0n) is 14.7. The third-order valence-electron chi connectivity index (χ3n) is 3.72. The molecule has 0 aliphatic heterocycles. The lowest BCUT2D eigenvalue weighted by molar-refractivity contribution is -0.170. The lowest BCUT2D eigenvalue weighted by Crippen LogP contribution is -2.28. The highest BCUT2D eigenvalue weighted by molar-refractivity contribution is 6.30. The van der Waals surface area contributed by atoms with Gasteiger partial charge in [-0.15, -0.1) is 0 Å². The molecule has 0 aromatic heterocycles. The minimum absolute atomic E-state index is 0.349. The average Bonchev–Trinajstić information content (AvgIpc) is 2.52. The Morgan fingerprint density at radius 2 is 1.68 bits per heavy atom. The minimum Gasteiger partial charge on any atom is -0.478 e. The van der Waals surface area contributed by atoms with Gasteiger partial charge in [-0.3, -0.25) is 4.79 Å². The predicted octanol–water partition coefficient (Wildman–Crippen LogP) is 5.03. The lowest BCUT2D eigenvalue weighted by atomic mass is 9.94. The van der Waals surface area contributed by atoms with Crippen LogP contribution in [0.5, 0.6) is 0 Å². The number of aryl methyl sites for hydroxylation is 1. The first-order chi connectivity index (χ1) is 11.6. The topological polar surface area (TPSA) is 63.6 Å². The molecule has 2 rings (SSSR count). The average molecular weight is 361 g/mol. The monoisotopic (exact) mass is 360 g/mol. The minimum atomic E-state index is -1.43. The third-order valence-corrected chi connectivity index (χ3v) is 3.96. The highest BCUT2D eigenvalue weighted by Crippen LogP contribution is 2.34. The molecule has 0 bridgehead atoms. The van der Waals surface area contributed by atoms with Gasteiger partial charge in [0.1, 0.15) is 0 Å². The van der Waals surface area contributed by atoms with Crippen LogP contribution in [0, 0.1) is 12.3 Å². The van der Waals surface area contributed by atoms with Crippen molar-refractivity contribution < 1.29 is 19.4 Å². The Bertz CT molecular complexity index is 788. The van der Waals surface area contributed by atoms with Gasteiger partial charge in [-0.05, 0) is 51.0 Å². The van der Waals surface area contributed by atoms with E-state index in [0.717, 1.165) is 11.1 Å². The Kier molecular flexibility index (Phi) is 5.53. The number of hydrogen-bond donors (Lipinski definition) is 1. The SMILES string of the molecule is Cc1ccc(-c2ccc(Cl)cc2C(OC(=O)C(C)(C)C)C(=O)O)cc1. The number of ether oxygens (including phenoxy) is 1. The van der Waals surface area contributed by atoms with E-state index in [9.17, 15) is 14.7 Å². The highest BCUT2D eigenvalue weighted by Gasteiger charge is 2.32. The van der Waals surface area contributed by atoms with Crippen molar-refractivity contribution in [3.05, 3.63) is 58.6 Å². The van der Waals surface area contributed by atoms with Crippen molar-refractivity contribution >= 4 is 23.5 Å². The summed E-state index contributed by atoms with van der Waals surface area (Å²) >= 11 is 6.07. The molecule has 2 aromatic carbocycles. The van der Waals surface area contributed by atoms with Crippen LogP contribution in [-0.2, 0) is 14.3 Å². The fourth-order valence-corrected chi connectivity index (χ4v) is 2.46. The van der Waals surface area contributed by atoms with Crippen LogP contribution in [0.3, 0.4) is 0 Å². The van der Waals surface area contributed by atoms with Crippen LogP contribution in [-0.4, -0.2) is 17.0 Å². The maximum absolute atomic E-state index is 12.2. The fourth-order valence-electron chi connectivity index (χ4n) is 2.28. The van der Waals surface area contributed by atoms with E-state index in [1.807, 2.05) is 31.2 Å². The van der Waals surface area contributed by atoms with Gasteiger partial charge < -0.3 is 9.84 Å². The van der Waals surface area contributed by atoms with Crippen LogP contribution in [0.4, 0.5) is 0 Å². The highest BCUT2D eigenvalue weighted by atomic mass is 35.5. The number of carboxylic acids is 1. The van der Waals surface area contributed by atoms with Crippen molar-refractivity contribution in [1.29, 1.82) is 0 Å². The summed E-state index contributed by atoms with van der Waals surface area (Å²) in [4.78, 5) is 24.0. The largest absolute Gasteiger partial charge is 0.478 e. The molecule has 1 unspecified atom stereocenters. The van der Waals surface area contributed by atoms with Crippen LogP contribution in [0.15, 0.2) is 42.5 Å². The Morgan fingerprint density at radius 1 is 1.08 bits per heavy atom. The molecule has 2 aromatic rings. The van der Waals surface area contributed by atoms with E-state index in [1.54, 1.807) is 32.9 Å². The van der Waals surface area contributed by atoms with Crippen molar-refractivity contribution in [2.75, 3.05) is 0 Å². The van der Waals surface area contributed by atoms with Gasteiger partial charge in [-0.2, -0.15) is 0 Å². The molecule has 0 fully saturated rings. The van der Waals surface area contributed by atoms with Crippen molar-refractivity contribution in [3.8, 4) is 11.1 Å². The van der Waals surface area contributed by atoms with Gasteiger partial charge in [0.15, 0.2) is 0 Å². The molecule has 1 N–H and O–H groups in total. The maximum Gasteiger partial charge on any atom is 0.349 e. The predicted molar refractivity (Wildman–Crippen MR) is 97.5 cm³/mol. The number of esters is 1. The molecule has 5 heteroatoms. The van der Waals surface area contributed by atoms with E-state index in [1.165, 1.54) is 6.07 Å². The Balaban J connectivity index is 2.53. The number of rotatable bonds is 4. The summed E-state index contributed by atoms with van der Waals surface area (Å²) in [6.07, 6.45) is -1.43. The van der Waals surface area contributed by atoms with E-state index in [2.05, 4.69) is 0 Å². The van der Waals surface area contributed by atoms with E-state index >= 15 is 0 Å². The van der Waals surface area contributed by atoms with Crippen LogP contribution in [0.25, 0.3) is 11.1 Å². The van der Waals surface area contributed by atoms with Gasteiger partial charge in [-0.1, -0.05) is 47.5 Å². The molecule has 0 spiro atoms. The molecule has 0 aliphatic rings. The van der Waals surface area contributed by atoms with Gasteiger partial charge in [0.25, 0.3) is 0 Å². The second-order valence-corrected chi connectivity index (χ2v) is 7.41. The first-order valence-corrected chi connectivity index (χ1v) is 8.28. The second kappa shape index (κ2) is 7.28. The number of benzene rings is 2. The van der Waals surface area contributed by atoms with Gasteiger partial charge in [0.05, 0.1) is 5.41 Å². The van der Waals surface area contributed by atoms with Crippen LogP contribution in [0.1, 0.15) is 38.0 Å². The van der Waals surface area contributed by atoms with E-state index in [4.69, 9.17) is 16.3 Å². The Labute approximate surface area is 152 Å². The summed E-state index contributed by atoms with van der Waals surface area (Å²) in [6.45, 7) is 6.99. The molecule has 4 nitrogen and oxygen atoms in total. The number of carbonyl (C=O) groups is 2. The molecule has 1 atom stereocenters. The maximum atomic E-state index is 12.2. The number of halogens is 1. The summed E-state index contributed by atoms with van der Waals surface area (Å²) < 4.78 is 5.31. The van der Waals surface area contributed by atoms with Gasteiger partial charge >= 0.3 is 11.9 Å². The molecule has 0 heterocycles. The third kappa shape index (κ3) is 4.60. The standard InChI is InChI=1S/C20H21ClO4/c1-12-5-7-13(8-6-12)15-10-9-14(21)11-16(15)17(18(22)23)25-19(24)20(2,3)4/h5-11,17H,1-4H3,(H,22,23). The van der Waals surface area contributed by atoms with Gasteiger partial charge in [0, 0.05) is 10.6 Å². The molecule has 0 amide bonds. The smallest absolute Gasteiger partial charge is 0.349 e. The number of carbonyl (C=O) groups excluding carboxylic acids is 1. The molecule has 0 aliphatic carbocycles. The zero-order chi connectivity index (χ0) is 18.8. The fraction of sp³-hybridized carbons (Fsp3) is 0.300. The Hall–Kier alpha value is -2.33. The summed E-state index contributed by atoms with van der Waals surface area (Å²) in [5, 5.41) is 10.0. The van der Waals surface area contributed by atoms with E-state index < -0.39 is 23.5 Å². The van der Waals surface area contributed by atoms with Crippen LogP contribution >= 0.6 is 11.6 Å². The van der Waals surface area contributed by atoms with Crippen molar-refractivity contribution in [1.82, 2.24) is 0 Å². The first-order valence-electron chi connectivity index (χ1n) is 7.90. The van der Waals surface area contributed by atoms with E-state index in [-0.39, 0.29) is 0 Å². The molecule has 0 saturated carbocycles. The van der Waals surface area contributed by atoms with E-state index in [0.29, 0.717) is 16.1 Å². The van der Waals surface area contributed by atoms with Gasteiger partial charge in [0.2, 0.25) is 6.10 Å². The van der Waals surface area contributed by atoms with Gasteiger partial charge in [-0.25, -0.2) is 4.79 Å².